The number of hydrogen-bond donors (Lipinski definition) is 0. The smallest absolute Gasteiger partial charge is 0.252 e. The molecule has 2 aromatic carbocycles. The van der Waals surface area contributed by atoms with Crippen LogP contribution in [0.1, 0.15) is 18.4 Å². The van der Waals surface area contributed by atoms with Crippen LogP contribution in [0.4, 0.5) is 10.1 Å². The number of benzene rings is 2. The molecular weight excluding hydrogens is 371 g/mol. The molecule has 1 unspecified atom stereocenters. The molecule has 2 amide bonds. The second-order valence-electron chi connectivity index (χ2n) is 8.00. The summed E-state index contributed by atoms with van der Waals surface area (Å²) in [5.74, 6) is -0.270. The van der Waals surface area contributed by atoms with E-state index in [1.54, 1.807) is 11.0 Å². The molecule has 2 aromatic rings. The van der Waals surface area contributed by atoms with Crippen molar-refractivity contribution in [2.75, 3.05) is 37.7 Å². The fourth-order valence-corrected chi connectivity index (χ4v) is 4.24. The number of nitrogens with zero attached hydrogens (tertiary/aromatic N) is 2. The Bertz CT molecular complexity index is 889. The molecule has 0 aromatic heterocycles. The summed E-state index contributed by atoms with van der Waals surface area (Å²) in [6, 6.07) is 16.0. The summed E-state index contributed by atoms with van der Waals surface area (Å²) in [5.41, 5.74) is 1.43. The number of para-hydroxylation sites is 1. The Morgan fingerprint density at radius 3 is 2.72 bits per heavy atom. The van der Waals surface area contributed by atoms with Crippen LogP contribution in [0.15, 0.2) is 54.6 Å². The lowest BCUT2D eigenvalue weighted by atomic mass is 9.87. The summed E-state index contributed by atoms with van der Waals surface area (Å²) in [7, 11) is 0. The van der Waals surface area contributed by atoms with Crippen molar-refractivity contribution in [1.29, 1.82) is 0 Å². The molecule has 152 valence electrons. The highest BCUT2D eigenvalue weighted by molar-refractivity contribution is 5.94. The molecule has 2 aliphatic heterocycles. The zero-order chi connectivity index (χ0) is 20.3. The highest BCUT2D eigenvalue weighted by Gasteiger charge is 2.44. The first kappa shape index (κ1) is 19.6. The third kappa shape index (κ3) is 4.48. The van der Waals surface area contributed by atoms with E-state index < -0.39 is 0 Å². The van der Waals surface area contributed by atoms with Crippen molar-refractivity contribution in [3.63, 3.8) is 0 Å². The Balaban J connectivity index is 1.41. The number of hydrogen-bond acceptors (Lipinski definition) is 3. The highest BCUT2D eigenvalue weighted by atomic mass is 19.1. The normalized spacial score (nSPS) is 22.2. The van der Waals surface area contributed by atoms with E-state index in [-0.39, 0.29) is 29.7 Å². The minimum atomic E-state index is -0.281. The molecule has 0 aliphatic carbocycles. The summed E-state index contributed by atoms with van der Waals surface area (Å²) in [5, 5.41) is 0. The lowest BCUT2D eigenvalue weighted by Gasteiger charge is -2.32. The number of ether oxygens (including phenoxy) is 1. The fourth-order valence-electron chi connectivity index (χ4n) is 4.24. The van der Waals surface area contributed by atoms with Crippen molar-refractivity contribution in [2.24, 2.45) is 5.41 Å². The van der Waals surface area contributed by atoms with Crippen LogP contribution < -0.4 is 4.90 Å². The maximum Gasteiger partial charge on any atom is 0.252 e. The first-order valence-electron chi connectivity index (χ1n) is 10.0. The van der Waals surface area contributed by atoms with Crippen LogP contribution >= 0.6 is 0 Å². The van der Waals surface area contributed by atoms with E-state index in [1.165, 1.54) is 12.1 Å². The molecule has 0 N–H and O–H groups in total. The number of rotatable bonds is 4. The van der Waals surface area contributed by atoms with Gasteiger partial charge in [-0.3, -0.25) is 9.59 Å². The van der Waals surface area contributed by atoms with Crippen molar-refractivity contribution in [1.82, 2.24) is 4.90 Å². The van der Waals surface area contributed by atoms with Crippen LogP contribution in [0.25, 0.3) is 0 Å². The Morgan fingerprint density at radius 2 is 1.93 bits per heavy atom. The molecule has 1 atom stereocenters. The molecule has 2 saturated heterocycles. The molecule has 4 rings (SSSR count). The quantitative estimate of drug-likeness (QED) is 0.798. The second-order valence-corrected chi connectivity index (χ2v) is 8.00. The van der Waals surface area contributed by atoms with Crippen molar-refractivity contribution in [2.45, 2.75) is 19.3 Å². The average molecular weight is 396 g/mol. The molecule has 2 heterocycles. The van der Waals surface area contributed by atoms with Gasteiger partial charge in [-0.1, -0.05) is 30.3 Å². The van der Waals surface area contributed by atoms with E-state index >= 15 is 0 Å². The summed E-state index contributed by atoms with van der Waals surface area (Å²) in [6.45, 7) is 2.30. The van der Waals surface area contributed by atoms with Gasteiger partial charge in [0.2, 0.25) is 5.91 Å². The lowest BCUT2D eigenvalue weighted by Crippen LogP contribution is -2.43. The van der Waals surface area contributed by atoms with Crippen molar-refractivity contribution in [3.8, 4) is 0 Å². The monoisotopic (exact) mass is 396 g/mol. The third-order valence-corrected chi connectivity index (χ3v) is 5.80. The standard InChI is InChI=1S/C23H25FN2O3/c24-19-6-4-5-18(13-19)9-10-21(27)25-12-11-23(15-25)16-26(22(28)14-29-17-23)20-7-2-1-3-8-20/h1-8,13H,9-12,14-17H2. The van der Waals surface area contributed by atoms with Gasteiger partial charge in [0, 0.05) is 37.2 Å². The SMILES string of the molecule is O=C(CCc1cccc(F)c1)N1CCC2(COCC(=O)N(c3ccccc3)C2)C1. The van der Waals surface area contributed by atoms with Gasteiger partial charge in [0.05, 0.1) is 6.61 Å². The molecule has 1 spiro atoms. The summed E-state index contributed by atoms with van der Waals surface area (Å²) in [4.78, 5) is 28.9. The van der Waals surface area contributed by atoms with Crippen LogP contribution in [-0.2, 0) is 20.7 Å². The van der Waals surface area contributed by atoms with Crippen molar-refractivity contribution < 1.29 is 18.7 Å². The summed E-state index contributed by atoms with van der Waals surface area (Å²) >= 11 is 0. The minimum absolute atomic E-state index is 0.0519. The molecular formula is C23H25FN2O3. The van der Waals surface area contributed by atoms with E-state index in [9.17, 15) is 14.0 Å². The molecule has 0 radical (unpaired) electrons. The number of amides is 2. The molecule has 29 heavy (non-hydrogen) atoms. The van der Waals surface area contributed by atoms with Crippen LogP contribution in [0.3, 0.4) is 0 Å². The maximum absolute atomic E-state index is 13.3. The van der Waals surface area contributed by atoms with Gasteiger partial charge < -0.3 is 14.5 Å². The molecule has 0 bridgehead atoms. The zero-order valence-electron chi connectivity index (χ0n) is 16.4. The first-order valence-corrected chi connectivity index (χ1v) is 10.0. The van der Waals surface area contributed by atoms with E-state index in [1.807, 2.05) is 41.3 Å². The van der Waals surface area contributed by atoms with Gasteiger partial charge >= 0.3 is 0 Å². The predicted molar refractivity (Wildman–Crippen MR) is 108 cm³/mol. The first-order chi connectivity index (χ1) is 14.0. The van der Waals surface area contributed by atoms with Gasteiger partial charge in [0.25, 0.3) is 5.91 Å². The van der Waals surface area contributed by atoms with Crippen molar-refractivity contribution in [3.05, 3.63) is 66.0 Å². The zero-order valence-corrected chi connectivity index (χ0v) is 16.4. The number of carbonyl (C=O) groups is 2. The summed E-state index contributed by atoms with van der Waals surface area (Å²) < 4.78 is 19.0. The minimum Gasteiger partial charge on any atom is -0.371 e. The fraction of sp³-hybridized carbons (Fsp3) is 0.391. The molecule has 2 aliphatic rings. The number of likely N-dealkylation sites (tertiary alicyclic amines) is 1. The Morgan fingerprint density at radius 1 is 1.10 bits per heavy atom. The molecule has 6 heteroatoms. The third-order valence-electron chi connectivity index (χ3n) is 5.80. The summed E-state index contributed by atoms with van der Waals surface area (Å²) in [6.07, 6.45) is 1.67. The van der Waals surface area contributed by atoms with Gasteiger partial charge in [0.15, 0.2) is 0 Å². The van der Waals surface area contributed by atoms with Crippen LogP contribution in [0.5, 0.6) is 0 Å². The molecule has 5 nitrogen and oxygen atoms in total. The maximum atomic E-state index is 13.3. The van der Waals surface area contributed by atoms with Crippen LogP contribution in [-0.4, -0.2) is 49.6 Å². The molecule has 0 saturated carbocycles. The second kappa shape index (κ2) is 8.33. The van der Waals surface area contributed by atoms with Gasteiger partial charge in [-0.2, -0.15) is 0 Å². The lowest BCUT2D eigenvalue weighted by molar-refractivity contribution is -0.130. The predicted octanol–water partition coefficient (Wildman–Crippen LogP) is 3.04. The molecule has 2 fully saturated rings. The number of anilines is 1. The van der Waals surface area contributed by atoms with Gasteiger partial charge in [0.1, 0.15) is 12.4 Å². The van der Waals surface area contributed by atoms with E-state index in [4.69, 9.17) is 4.74 Å². The van der Waals surface area contributed by atoms with Gasteiger partial charge in [-0.15, -0.1) is 0 Å². The van der Waals surface area contributed by atoms with Crippen LogP contribution in [0, 0.1) is 11.2 Å². The van der Waals surface area contributed by atoms with E-state index in [0.29, 0.717) is 39.1 Å². The van der Waals surface area contributed by atoms with Crippen LogP contribution in [0.2, 0.25) is 0 Å². The Kier molecular flexibility index (Phi) is 5.62. The number of aryl methyl sites for hydroxylation is 1. The van der Waals surface area contributed by atoms with Gasteiger partial charge in [-0.25, -0.2) is 4.39 Å². The Hall–Kier alpha value is -2.73. The number of halogens is 1. The highest BCUT2D eigenvalue weighted by Crippen LogP contribution is 2.35. The topological polar surface area (TPSA) is 49.9 Å². The van der Waals surface area contributed by atoms with E-state index in [2.05, 4.69) is 0 Å². The van der Waals surface area contributed by atoms with Crippen molar-refractivity contribution >= 4 is 17.5 Å². The average Bonchev–Trinajstić information content (AvgIpc) is 3.07. The largest absolute Gasteiger partial charge is 0.371 e. The number of carbonyl (C=O) groups excluding carboxylic acids is 2. The Labute approximate surface area is 170 Å². The van der Waals surface area contributed by atoms with E-state index in [0.717, 1.165) is 17.7 Å². The van der Waals surface area contributed by atoms with Gasteiger partial charge in [-0.05, 0) is 42.7 Å².